The lowest BCUT2D eigenvalue weighted by atomic mass is 10.1. The largest absolute Gasteiger partial charge is 0.436 e. The van der Waals surface area contributed by atoms with Crippen LogP contribution in [0, 0.1) is 39.4 Å². The Morgan fingerprint density at radius 3 is 0.587 bits per heavy atom. The van der Waals surface area contributed by atoms with E-state index < -0.39 is 51.1 Å². The van der Waals surface area contributed by atoms with Crippen LogP contribution in [0.5, 0.6) is 0 Å². The average Bonchev–Trinajstić information content (AvgIpc) is 0.785. The number of hydrogen-bond donors (Lipinski definition) is 1. The summed E-state index contributed by atoms with van der Waals surface area (Å²) < 4.78 is 39.8. The smallest absolute Gasteiger partial charge is 0.323 e. The Hall–Kier alpha value is -6.68. The maximum atomic E-state index is 12.8. The van der Waals surface area contributed by atoms with Crippen LogP contribution in [-0.4, -0.2) is 55.9 Å². The van der Waals surface area contributed by atoms with Crippen molar-refractivity contribution in [2.75, 3.05) is 0 Å². The first-order chi connectivity index (χ1) is 52.6. The molecule has 0 fully saturated rings. The van der Waals surface area contributed by atoms with Crippen molar-refractivity contribution in [3.8, 4) is 0 Å². The zero-order valence-corrected chi connectivity index (χ0v) is 73.7. The summed E-state index contributed by atoms with van der Waals surface area (Å²) in [7, 11) is -18.2. The van der Waals surface area contributed by atoms with Gasteiger partial charge in [-0.2, -0.15) is 0 Å². The molecule has 109 heavy (non-hydrogen) atoms. The summed E-state index contributed by atoms with van der Waals surface area (Å²) in [6.45, 7) is 60.7. The lowest BCUT2D eigenvalue weighted by Gasteiger charge is -2.47. The normalized spacial score (nSPS) is 14.3. The molecule has 0 aliphatic carbocycles. The topological polar surface area (TPSA) is 92.5 Å². The Bertz CT molecular complexity index is 3560. The van der Waals surface area contributed by atoms with Gasteiger partial charge >= 0.3 is 42.8 Å². The van der Waals surface area contributed by atoms with E-state index >= 15 is 0 Å². The van der Waals surface area contributed by atoms with Crippen LogP contribution in [0.4, 0.5) is 34.1 Å². The van der Waals surface area contributed by atoms with Crippen LogP contribution in [0.1, 0.15) is 226 Å². The van der Waals surface area contributed by atoms with E-state index in [0.717, 1.165) is 242 Å². The Labute approximate surface area is 666 Å². The Balaban J connectivity index is 1.26. The van der Waals surface area contributed by atoms with Gasteiger partial charge in [0, 0.05) is 0 Å². The lowest BCUT2D eigenvalue weighted by Crippen LogP contribution is -2.63. The third kappa shape index (κ3) is 38.4. The van der Waals surface area contributed by atoms with Crippen molar-refractivity contribution in [1.82, 2.24) is 0 Å². The van der Waals surface area contributed by atoms with Crippen molar-refractivity contribution in [2.45, 2.75) is 313 Å². The minimum Gasteiger partial charge on any atom is -0.436 e. The first-order valence-electron chi connectivity index (χ1n) is 41.6. The highest BCUT2D eigenvalue weighted by molar-refractivity contribution is 6.92. The van der Waals surface area contributed by atoms with Crippen molar-refractivity contribution in [3.05, 3.63) is 247 Å². The van der Waals surface area contributed by atoms with Crippen molar-refractivity contribution in [1.29, 1.82) is 0 Å². The third-order valence-electron chi connectivity index (χ3n) is 21.4. The van der Waals surface area contributed by atoms with Gasteiger partial charge < -0.3 is 25.4 Å². The quantitative estimate of drug-likeness (QED) is 0.0232. The first kappa shape index (κ1) is 91.2. The van der Waals surface area contributed by atoms with Gasteiger partial charge in [-0.15, -0.1) is 0 Å². The first-order valence-corrected chi connectivity index (χ1v) is 57.4. The maximum Gasteiger partial charge on any atom is 0.323 e. The molecule has 0 heterocycles. The van der Waals surface area contributed by atoms with E-state index in [1.165, 1.54) is 52.6 Å². The molecule has 0 amide bonds. The second-order valence-corrected chi connectivity index (χ2v) is 54.3. The van der Waals surface area contributed by atoms with E-state index in [4.69, 9.17) is 60.0 Å². The molecule has 0 saturated heterocycles. The zero-order chi connectivity index (χ0) is 78.4. The highest BCUT2D eigenvalue weighted by atomic mass is 28.5. The van der Waals surface area contributed by atoms with Gasteiger partial charge in [0.05, 0.1) is 39.4 Å². The van der Waals surface area contributed by atoms with Gasteiger partial charge in [0.1, 0.15) is 0 Å². The number of benzene rings is 6. The Morgan fingerprint density at radius 1 is 0.211 bits per heavy atom. The summed E-state index contributed by atoms with van der Waals surface area (Å²) in [6, 6.07) is 53.4. The van der Waals surface area contributed by atoms with Crippen LogP contribution >= 0.6 is 0 Å². The molecular weight excluding hydrogens is 1440 g/mol. The summed E-state index contributed by atoms with van der Waals surface area (Å²) >= 11 is 0. The molecule has 5 atom stereocenters. The molecule has 18 heteroatoms. The van der Waals surface area contributed by atoms with E-state index in [2.05, 4.69) is 141 Å². The minimum atomic E-state index is -3.27. The standard InChI is InChI=1S/C91H130N6O6Si6/c1-92-86-62-50-80(51-63-86)44-32-20-14-26-38-74-104(7,8)99-106(10,76-40-28-16-22-34-46-82-54-66-88(94-3)67-55-82)101-108(12,78-42-30-18-24-36-48-84-58-70-90(96-5)71-59-84)103-109(13,79-43-31-19-25-37-49-85-60-72-91(97-6)73-61-85)102-107(11,77-41-29-17-23-35-47-83-56-68-89(95-4)69-57-83)100-105(9,98)75-39-27-15-21-33-45-81-52-64-87(93-2)65-53-81/h50-73,98H,14-49,74-79H2,7-13H3. The molecule has 584 valence electrons. The van der Waals surface area contributed by atoms with Crippen LogP contribution < -0.4 is 0 Å². The van der Waals surface area contributed by atoms with Gasteiger partial charge in [0.15, 0.2) is 42.4 Å². The maximum absolute atomic E-state index is 12.8. The second kappa shape index (κ2) is 50.3. The summed E-state index contributed by atoms with van der Waals surface area (Å²) in [5, 5.41) is 0. The van der Waals surface area contributed by atoms with Crippen LogP contribution in [0.15, 0.2) is 146 Å². The Morgan fingerprint density at radius 2 is 0.376 bits per heavy atom. The minimum absolute atomic E-state index is 0.653. The lowest BCUT2D eigenvalue weighted by molar-refractivity contribution is 0.251. The van der Waals surface area contributed by atoms with Crippen molar-refractivity contribution in [2.24, 2.45) is 0 Å². The van der Waals surface area contributed by atoms with Crippen molar-refractivity contribution < 1.29 is 25.4 Å². The predicted molar refractivity (Wildman–Crippen MR) is 469 cm³/mol. The average molecular weight is 1570 g/mol. The highest BCUT2D eigenvalue weighted by Crippen LogP contribution is 2.39. The number of hydrogen-bond acceptors (Lipinski definition) is 6. The molecule has 0 spiro atoms. The van der Waals surface area contributed by atoms with Gasteiger partial charge in [-0.3, -0.25) is 0 Å². The predicted octanol–water partition coefficient (Wildman–Crippen LogP) is 29.1. The molecule has 0 saturated carbocycles. The van der Waals surface area contributed by atoms with Crippen LogP contribution in [0.2, 0.25) is 82.1 Å². The van der Waals surface area contributed by atoms with Gasteiger partial charge in [0.25, 0.3) is 0 Å². The van der Waals surface area contributed by atoms with Gasteiger partial charge in [0.2, 0.25) is 0 Å². The zero-order valence-electron chi connectivity index (χ0n) is 67.7. The molecule has 0 bridgehead atoms. The fourth-order valence-corrected chi connectivity index (χ4v) is 46.6. The van der Waals surface area contributed by atoms with Gasteiger partial charge in [-0.1, -0.05) is 333 Å². The summed E-state index contributed by atoms with van der Waals surface area (Å²) in [6.07, 6.45) is 38.7. The number of nitrogens with zero attached hydrogens (tertiary/aromatic N) is 6. The molecule has 12 nitrogen and oxygen atoms in total. The van der Waals surface area contributed by atoms with Crippen LogP contribution in [0.25, 0.3) is 29.1 Å². The van der Waals surface area contributed by atoms with Gasteiger partial charge in [-0.25, -0.2) is 29.1 Å². The summed E-state index contributed by atoms with van der Waals surface area (Å²) in [5.74, 6) is 0. The van der Waals surface area contributed by atoms with Crippen LogP contribution in [-0.2, 0) is 59.1 Å². The van der Waals surface area contributed by atoms with E-state index in [9.17, 15) is 4.80 Å². The van der Waals surface area contributed by atoms with Crippen molar-refractivity contribution in [3.63, 3.8) is 0 Å². The second-order valence-electron chi connectivity index (χ2n) is 32.3. The number of unbranched alkanes of at least 4 members (excludes halogenated alkanes) is 24. The fourth-order valence-electron chi connectivity index (χ4n) is 15.4. The van der Waals surface area contributed by atoms with E-state index in [1.54, 1.807) is 0 Å². The van der Waals surface area contributed by atoms with E-state index in [1.807, 2.05) is 79.3 Å². The van der Waals surface area contributed by atoms with Crippen LogP contribution in [0.3, 0.4) is 0 Å². The highest BCUT2D eigenvalue weighted by Gasteiger charge is 2.53. The molecule has 1 N–H and O–H groups in total. The van der Waals surface area contributed by atoms with Gasteiger partial charge in [-0.05, 0) is 159 Å². The number of rotatable bonds is 58. The molecular formula is C91H130N6O6Si6. The third-order valence-corrected chi connectivity index (χ3v) is 47.0. The molecule has 0 aromatic heterocycles. The van der Waals surface area contributed by atoms with E-state index in [0.29, 0.717) is 40.2 Å². The summed E-state index contributed by atoms with van der Waals surface area (Å²) in [5.41, 5.74) is 11.8. The SMILES string of the molecule is [C-]#[N+]c1ccc(CCCCCCC[Si](C)(C)O[Si](C)(CCCCCCCc2ccc([N+]#[C-])cc2)O[Si](C)(CCCCCCCc2ccc([N+]#[C-])cc2)O[Si](C)(CCCCCCCc2ccc([N+]#[C-])cc2)O[Si](C)(CCCCCCCc2ccc([N+]#[C-])cc2)O[Si](C)(O)CCCCCCCc2ccc([N+]#[C-])cc2)cc1. The fraction of sp³-hybridized carbons (Fsp3) is 0.538. The monoisotopic (exact) mass is 1570 g/mol. The van der Waals surface area contributed by atoms with Crippen molar-refractivity contribution >= 4 is 85.2 Å². The molecule has 6 aromatic rings. The molecule has 5 unspecified atom stereocenters. The molecule has 6 rings (SSSR count). The molecule has 6 aromatic carbocycles. The summed E-state index contributed by atoms with van der Waals surface area (Å²) in [4.78, 5) is 34.4. The Kier molecular flexibility index (Phi) is 42.1. The molecule has 0 radical (unpaired) electrons. The number of aryl methyl sites for hydroxylation is 6. The molecule has 0 aliphatic heterocycles. The van der Waals surface area contributed by atoms with E-state index in [-0.39, 0.29) is 0 Å². The molecule has 0 aliphatic rings.